The molecule has 3 rings (SSSR count). The lowest BCUT2D eigenvalue weighted by atomic mass is 10.0. The van der Waals surface area contributed by atoms with Crippen LogP contribution >= 0.6 is 0 Å². The first kappa shape index (κ1) is 19.9. The van der Waals surface area contributed by atoms with Crippen molar-refractivity contribution in [3.05, 3.63) is 58.7 Å². The molecule has 2 amide bonds. The maximum atomic E-state index is 13.1. The van der Waals surface area contributed by atoms with Gasteiger partial charge in [0, 0.05) is 12.5 Å². The van der Waals surface area contributed by atoms with Crippen LogP contribution in [0.2, 0.25) is 0 Å². The zero-order valence-corrected chi connectivity index (χ0v) is 17.0. The minimum absolute atomic E-state index is 0.0952. The third-order valence-electron chi connectivity index (χ3n) is 4.95. The second kappa shape index (κ2) is 8.46. The number of ether oxygens (including phenoxy) is 1. The van der Waals surface area contributed by atoms with E-state index >= 15 is 0 Å². The van der Waals surface area contributed by atoms with Crippen LogP contribution in [0.15, 0.2) is 36.4 Å². The minimum Gasteiger partial charge on any atom is -0.494 e. The van der Waals surface area contributed by atoms with Crippen molar-refractivity contribution in [2.75, 3.05) is 11.5 Å². The summed E-state index contributed by atoms with van der Waals surface area (Å²) >= 11 is 0. The first-order valence-electron chi connectivity index (χ1n) is 9.82. The van der Waals surface area contributed by atoms with Gasteiger partial charge in [-0.3, -0.25) is 9.59 Å². The third kappa shape index (κ3) is 4.19. The smallest absolute Gasteiger partial charge is 0.254 e. The molecule has 1 aliphatic heterocycles. The number of anilines is 1. The molecule has 0 saturated carbocycles. The van der Waals surface area contributed by atoms with Gasteiger partial charge in [0.1, 0.15) is 11.8 Å². The third-order valence-corrected chi connectivity index (χ3v) is 4.95. The van der Waals surface area contributed by atoms with Crippen LogP contribution < -0.4 is 15.0 Å². The van der Waals surface area contributed by atoms with E-state index < -0.39 is 6.04 Å². The highest BCUT2D eigenvalue weighted by molar-refractivity contribution is 6.06. The number of rotatable bonds is 7. The molecule has 0 spiro atoms. The topological polar surface area (TPSA) is 58.6 Å². The van der Waals surface area contributed by atoms with Gasteiger partial charge in [-0.15, -0.1) is 0 Å². The number of nitrogens with zero attached hydrogens (tertiary/aromatic N) is 1. The molecular weight excluding hydrogens is 352 g/mol. The van der Waals surface area contributed by atoms with E-state index in [2.05, 4.69) is 18.3 Å². The Labute approximate surface area is 166 Å². The summed E-state index contributed by atoms with van der Waals surface area (Å²) in [4.78, 5) is 26.5. The number of nitrogens with one attached hydrogen (secondary N) is 1. The van der Waals surface area contributed by atoms with Gasteiger partial charge >= 0.3 is 0 Å². The molecule has 1 unspecified atom stereocenters. The summed E-state index contributed by atoms with van der Waals surface area (Å²) in [6.45, 7) is 8.76. The van der Waals surface area contributed by atoms with Crippen molar-refractivity contribution < 1.29 is 14.3 Å². The molecule has 28 heavy (non-hydrogen) atoms. The monoisotopic (exact) mass is 380 g/mol. The average Bonchev–Trinajstić information content (AvgIpc) is 2.89. The molecule has 148 valence electrons. The quantitative estimate of drug-likeness (QED) is 0.732. The molecule has 2 aromatic carbocycles. The molecular formula is C23H28N2O3. The molecule has 1 heterocycles. The van der Waals surface area contributed by atoms with E-state index in [1.165, 1.54) is 6.92 Å². The Morgan fingerprint density at radius 3 is 2.54 bits per heavy atom. The fraction of sp³-hybridized carbons (Fsp3) is 0.391. The molecule has 5 heteroatoms. The lowest BCUT2D eigenvalue weighted by Crippen LogP contribution is -2.36. The molecule has 1 atom stereocenters. The lowest BCUT2D eigenvalue weighted by Gasteiger charge is -2.20. The highest BCUT2D eigenvalue weighted by atomic mass is 16.5. The highest BCUT2D eigenvalue weighted by Crippen LogP contribution is 2.40. The molecule has 0 radical (unpaired) electrons. The summed E-state index contributed by atoms with van der Waals surface area (Å²) in [5.41, 5.74) is 4.91. The van der Waals surface area contributed by atoms with Crippen molar-refractivity contribution in [3.8, 4) is 5.75 Å². The Bertz CT molecular complexity index is 874. The van der Waals surface area contributed by atoms with Crippen LogP contribution in [0.5, 0.6) is 5.75 Å². The Kier molecular flexibility index (Phi) is 6.02. The van der Waals surface area contributed by atoms with E-state index in [1.807, 2.05) is 44.2 Å². The first-order chi connectivity index (χ1) is 13.4. The van der Waals surface area contributed by atoms with Crippen molar-refractivity contribution in [2.24, 2.45) is 0 Å². The van der Waals surface area contributed by atoms with Crippen molar-refractivity contribution in [1.29, 1.82) is 0 Å². The predicted octanol–water partition coefficient (Wildman–Crippen LogP) is 4.21. The number of carbonyl (C=O) groups excluding carboxylic acids is 2. The summed E-state index contributed by atoms with van der Waals surface area (Å²) in [5.74, 6) is 0.536. The molecule has 2 aromatic rings. The van der Waals surface area contributed by atoms with E-state index in [4.69, 9.17) is 4.74 Å². The van der Waals surface area contributed by atoms with Crippen LogP contribution in [0.25, 0.3) is 0 Å². The van der Waals surface area contributed by atoms with Gasteiger partial charge in [-0.05, 0) is 43.5 Å². The van der Waals surface area contributed by atoms with Gasteiger partial charge < -0.3 is 15.0 Å². The molecule has 0 aromatic heterocycles. The maximum Gasteiger partial charge on any atom is 0.254 e. The molecule has 1 N–H and O–H groups in total. The number of carbonyl (C=O) groups is 2. The van der Waals surface area contributed by atoms with Crippen LogP contribution in [0.3, 0.4) is 0 Å². The van der Waals surface area contributed by atoms with Gasteiger partial charge in [-0.25, -0.2) is 0 Å². The first-order valence-corrected chi connectivity index (χ1v) is 9.82. The SMILES string of the molecule is CCCCOc1ccc(CN2C(=O)C(NC(C)=O)c3cc(C)cc(C)c32)cc1. The van der Waals surface area contributed by atoms with Crippen LogP contribution in [-0.2, 0) is 16.1 Å². The fourth-order valence-corrected chi connectivity index (χ4v) is 3.69. The summed E-state index contributed by atoms with van der Waals surface area (Å²) in [7, 11) is 0. The Morgan fingerprint density at radius 2 is 1.89 bits per heavy atom. The number of unbranched alkanes of at least 4 members (excludes halogenated alkanes) is 1. The number of hydrogen-bond donors (Lipinski definition) is 1. The molecule has 0 bridgehead atoms. The Hall–Kier alpha value is -2.82. The van der Waals surface area contributed by atoms with Crippen LogP contribution in [-0.4, -0.2) is 18.4 Å². The number of fused-ring (bicyclic) bond motifs is 1. The van der Waals surface area contributed by atoms with E-state index in [-0.39, 0.29) is 11.8 Å². The minimum atomic E-state index is -0.622. The van der Waals surface area contributed by atoms with E-state index in [1.54, 1.807) is 4.90 Å². The average molecular weight is 380 g/mol. The van der Waals surface area contributed by atoms with Crippen molar-refractivity contribution in [3.63, 3.8) is 0 Å². The number of aryl methyl sites for hydroxylation is 2. The second-order valence-electron chi connectivity index (χ2n) is 7.42. The number of amides is 2. The zero-order chi connectivity index (χ0) is 20.3. The molecule has 5 nitrogen and oxygen atoms in total. The van der Waals surface area contributed by atoms with Gasteiger partial charge in [0.2, 0.25) is 5.91 Å². The summed E-state index contributed by atoms with van der Waals surface area (Å²) in [6.07, 6.45) is 2.13. The number of hydrogen-bond acceptors (Lipinski definition) is 3. The predicted molar refractivity (Wildman–Crippen MR) is 111 cm³/mol. The normalized spacial score (nSPS) is 15.5. The molecule has 0 fully saturated rings. The van der Waals surface area contributed by atoms with E-state index in [0.717, 1.165) is 46.5 Å². The standard InChI is InChI=1S/C23H28N2O3/c1-5-6-11-28-19-9-7-18(8-10-19)14-25-22-16(3)12-15(2)13-20(22)21(23(25)27)24-17(4)26/h7-10,12-13,21H,5-6,11,14H2,1-4H3,(H,24,26). The molecule has 1 aliphatic rings. The summed E-state index contributed by atoms with van der Waals surface area (Å²) < 4.78 is 5.71. The van der Waals surface area contributed by atoms with E-state index in [0.29, 0.717) is 13.2 Å². The van der Waals surface area contributed by atoms with Gasteiger partial charge in [0.05, 0.1) is 18.8 Å². The fourth-order valence-electron chi connectivity index (χ4n) is 3.69. The Balaban J connectivity index is 1.84. The van der Waals surface area contributed by atoms with Gasteiger partial charge in [-0.2, -0.15) is 0 Å². The van der Waals surface area contributed by atoms with Crippen molar-refractivity contribution in [1.82, 2.24) is 5.32 Å². The largest absolute Gasteiger partial charge is 0.494 e. The van der Waals surface area contributed by atoms with Crippen molar-refractivity contribution in [2.45, 2.75) is 53.1 Å². The maximum absolute atomic E-state index is 13.1. The number of benzene rings is 2. The van der Waals surface area contributed by atoms with Crippen LogP contribution in [0, 0.1) is 13.8 Å². The van der Waals surface area contributed by atoms with Gasteiger partial charge in [-0.1, -0.05) is 43.2 Å². The van der Waals surface area contributed by atoms with Crippen molar-refractivity contribution >= 4 is 17.5 Å². The van der Waals surface area contributed by atoms with Gasteiger partial charge in [0.15, 0.2) is 0 Å². The molecule has 0 aliphatic carbocycles. The van der Waals surface area contributed by atoms with E-state index in [9.17, 15) is 9.59 Å². The summed E-state index contributed by atoms with van der Waals surface area (Å²) in [6, 6.07) is 11.3. The zero-order valence-electron chi connectivity index (χ0n) is 17.0. The summed E-state index contributed by atoms with van der Waals surface area (Å²) in [5, 5.41) is 2.81. The van der Waals surface area contributed by atoms with Gasteiger partial charge in [0.25, 0.3) is 5.91 Å². The Morgan fingerprint density at radius 1 is 1.18 bits per heavy atom. The van der Waals surface area contributed by atoms with Crippen LogP contribution in [0.1, 0.15) is 55.0 Å². The lowest BCUT2D eigenvalue weighted by molar-refractivity contribution is -0.126. The van der Waals surface area contributed by atoms with Crippen LogP contribution in [0.4, 0.5) is 5.69 Å². The second-order valence-corrected chi connectivity index (χ2v) is 7.42. The highest BCUT2D eigenvalue weighted by Gasteiger charge is 2.38. The molecule has 0 saturated heterocycles.